The Balaban J connectivity index is 0. The number of carboxylic acid groups (broad SMARTS) is 1. The highest BCUT2D eigenvalue weighted by Crippen LogP contribution is 2.07. The molecule has 0 heterocycles. The van der Waals surface area contributed by atoms with E-state index in [2.05, 4.69) is 6.92 Å². The maximum atomic E-state index is 10.0. The zero-order chi connectivity index (χ0) is 15.3. The lowest BCUT2D eigenvalue weighted by Crippen LogP contribution is -2.42. The molecule has 1 unspecified atom stereocenters. The number of aliphatic hydroxyl groups excluding tert-OH is 1. The largest absolute Gasteiger partial charge is 0.550 e. The van der Waals surface area contributed by atoms with Crippen LogP contribution in [0.3, 0.4) is 0 Å². The van der Waals surface area contributed by atoms with Gasteiger partial charge in [0.25, 0.3) is 0 Å². The Kier molecular flexibility index (Phi) is 13.5. The van der Waals surface area contributed by atoms with Crippen molar-refractivity contribution in [3.05, 3.63) is 0 Å². The van der Waals surface area contributed by atoms with E-state index < -0.39 is 5.97 Å². The van der Waals surface area contributed by atoms with E-state index >= 15 is 0 Å². The Hall–Kier alpha value is -0.610. The minimum atomic E-state index is -0.913. The molecule has 0 rings (SSSR count). The third-order valence-corrected chi connectivity index (χ3v) is 3.11. The highest BCUT2D eigenvalue weighted by molar-refractivity contribution is 5.63. The average molecular weight is 275 g/mol. The summed E-state index contributed by atoms with van der Waals surface area (Å²) in [5.41, 5.74) is 0. The molecule has 0 aliphatic rings. The number of carbonyl (C=O) groups excluding carboxylic acids is 1. The van der Waals surface area contributed by atoms with Crippen LogP contribution in [0.5, 0.6) is 0 Å². The fraction of sp³-hybridized carbons (Fsp3) is 0.933. The van der Waals surface area contributed by atoms with Gasteiger partial charge in [0.05, 0.1) is 21.1 Å². The smallest absolute Gasteiger partial charge is 0.187 e. The van der Waals surface area contributed by atoms with Gasteiger partial charge in [0.1, 0.15) is 0 Å². The number of quaternary nitrogens is 1. The number of nitrogens with zero attached hydrogens (tertiary/aromatic N) is 1. The summed E-state index contributed by atoms with van der Waals surface area (Å²) < 4.78 is 0.611. The lowest BCUT2D eigenvalue weighted by atomic mass is 10.1. The summed E-state index contributed by atoms with van der Waals surface area (Å²) in [5, 5.41) is 18.9. The van der Waals surface area contributed by atoms with Gasteiger partial charge in [0, 0.05) is 12.9 Å². The van der Waals surface area contributed by atoms with E-state index in [9.17, 15) is 9.90 Å². The lowest BCUT2D eigenvalue weighted by molar-refractivity contribution is -0.916. The average Bonchev–Trinajstić information content (AvgIpc) is 2.27. The van der Waals surface area contributed by atoms with Crippen molar-refractivity contribution >= 4 is 5.97 Å². The molecule has 0 aromatic carbocycles. The van der Waals surface area contributed by atoms with Gasteiger partial charge in [0.2, 0.25) is 0 Å². The van der Waals surface area contributed by atoms with Gasteiger partial charge in [0.15, 0.2) is 6.23 Å². The van der Waals surface area contributed by atoms with Gasteiger partial charge in [-0.15, -0.1) is 0 Å². The molecule has 19 heavy (non-hydrogen) atoms. The van der Waals surface area contributed by atoms with E-state index in [0.29, 0.717) is 4.48 Å². The molecule has 0 aromatic heterocycles. The number of unbranched alkanes of at least 4 members (excludes halogenated alkanes) is 6. The predicted molar refractivity (Wildman–Crippen MR) is 77.3 cm³/mol. The van der Waals surface area contributed by atoms with Crippen LogP contribution in [0.2, 0.25) is 0 Å². The Morgan fingerprint density at radius 3 is 1.74 bits per heavy atom. The molecule has 0 radical (unpaired) electrons. The van der Waals surface area contributed by atoms with E-state index in [-0.39, 0.29) is 12.6 Å². The molecular weight excluding hydrogens is 242 g/mol. The summed E-state index contributed by atoms with van der Waals surface area (Å²) in [7, 11) is 5.85. The molecular formula is C15H33NO3. The molecule has 4 nitrogen and oxygen atoms in total. The summed E-state index contributed by atoms with van der Waals surface area (Å²) in [4.78, 5) is 10.0. The van der Waals surface area contributed by atoms with Crippen molar-refractivity contribution in [1.82, 2.24) is 0 Å². The van der Waals surface area contributed by atoms with Crippen molar-refractivity contribution in [2.24, 2.45) is 0 Å². The zero-order valence-electron chi connectivity index (χ0n) is 13.4. The van der Waals surface area contributed by atoms with Crippen molar-refractivity contribution in [3.8, 4) is 0 Å². The molecule has 1 N–H and O–H groups in total. The second kappa shape index (κ2) is 12.4. The minimum Gasteiger partial charge on any atom is -0.550 e. The summed E-state index contributed by atoms with van der Waals surface area (Å²) in [5.74, 6) is -0.913. The second-order valence-corrected chi connectivity index (χ2v) is 5.99. The third-order valence-electron chi connectivity index (χ3n) is 3.11. The van der Waals surface area contributed by atoms with Crippen LogP contribution < -0.4 is 5.11 Å². The van der Waals surface area contributed by atoms with Gasteiger partial charge in [-0.25, -0.2) is 0 Å². The van der Waals surface area contributed by atoms with Crippen LogP contribution in [0, 0.1) is 0 Å². The van der Waals surface area contributed by atoms with Crippen molar-refractivity contribution < 1.29 is 19.5 Å². The molecule has 0 amide bonds. The number of hydrogen-bond acceptors (Lipinski definition) is 3. The predicted octanol–water partition coefficient (Wildman–Crippen LogP) is 1.91. The van der Waals surface area contributed by atoms with Gasteiger partial charge in [-0.05, 0) is 12.8 Å². The number of carbonyl (C=O) groups is 1. The van der Waals surface area contributed by atoms with Crippen LogP contribution >= 0.6 is 0 Å². The lowest BCUT2D eigenvalue weighted by Gasteiger charge is -2.26. The van der Waals surface area contributed by atoms with E-state index in [1.54, 1.807) is 6.92 Å². The van der Waals surface area contributed by atoms with Gasteiger partial charge >= 0.3 is 0 Å². The maximum Gasteiger partial charge on any atom is 0.187 e. The highest BCUT2D eigenvalue weighted by Gasteiger charge is 2.12. The van der Waals surface area contributed by atoms with Crippen LogP contribution in [0.25, 0.3) is 0 Å². The van der Waals surface area contributed by atoms with Crippen LogP contribution in [0.15, 0.2) is 0 Å². The number of carboxylic acids is 1. The van der Waals surface area contributed by atoms with Gasteiger partial charge < -0.3 is 19.5 Å². The van der Waals surface area contributed by atoms with Crippen molar-refractivity contribution in [2.75, 3.05) is 21.1 Å². The molecule has 0 aromatic rings. The van der Waals surface area contributed by atoms with Crippen molar-refractivity contribution in [2.45, 2.75) is 71.4 Å². The highest BCUT2D eigenvalue weighted by atomic mass is 16.4. The molecule has 116 valence electrons. The zero-order valence-corrected chi connectivity index (χ0v) is 13.4. The first-order chi connectivity index (χ1) is 8.71. The number of aliphatic carboxylic acids is 1. The van der Waals surface area contributed by atoms with Crippen LogP contribution in [0.4, 0.5) is 0 Å². The van der Waals surface area contributed by atoms with E-state index in [4.69, 9.17) is 5.11 Å². The SMILES string of the molecule is CC(O)[N+](C)(C)C.CCCCCCCCCC(=O)[O-]. The van der Waals surface area contributed by atoms with E-state index in [1.165, 1.54) is 32.1 Å². The fourth-order valence-electron chi connectivity index (χ4n) is 1.23. The maximum absolute atomic E-state index is 10.0. The molecule has 0 aliphatic heterocycles. The normalized spacial score (nSPS) is 12.5. The number of hydrogen-bond donors (Lipinski definition) is 1. The number of aliphatic hydroxyl groups is 1. The van der Waals surface area contributed by atoms with E-state index in [1.807, 2.05) is 21.1 Å². The monoisotopic (exact) mass is 275 g/mol. The molecule has 0 spiro atoms. The first-order valence-corrected chi connectivity index (χ1v) is 7.40. The van der Waals surface area contributed by atoms with Crippen LogP contribution in [0.1, 0.15) is 65.2 Å². The molecule has 0 saturated heterocycles. The number of rotatable bonds is 9. The first kappa shape index (κ1) is 20.7. The molecule has 0 bridgehead atoms. The molecule has 4 heteroatoms. The second-order valence-electron chi connectivity index (χ2n) is 5.99. The quantitative estimate of drug-likeness (QED) is 0.397. The van der Waals surface area contributed by atoms with Crippen LogP contribution in [-0.2, 0) is 4.79 Å². The Morgan fingerprint density at radius 1 is 1.05 bits per heavy atom. The molecule has 0 fully saturated rings. The Labute approximate surface area is 119 Å². The Bertz CT molecular complexity index is 210. The summed E-state index contributed by atoms with van der Waals surface area (Å²) in [6.07, 6.45) is 8.08. The molecule has 1 atom stereocenters. The van der Waals surface area contributed by atoms with E-state index in [0.717, 1.165) is 12.8 Å². The third kappa shape index (κ3) is 19.9. The molecule has 0 aliphatic carbocycles. The molecule has 0 saturated carbocycles. The van der Waals surface area contributed by atoms with Crippen molar-refractivity contribution in [1.29, 1.82) is 0 Å². The minimum absolute atomic E-state index is 0.230. The van der Waals surface area contributed by atoms with Crippen molar-refractivity contribution in [3.63, 3.8) is 0 Å². The summed E-state index contributed by atoms with van der Waals surface area (Å²) in [6, 6.07) is 0. The topological polar surface area (TPSA) is 60.4 Å². The standard InChI is InChI=1S/C10H20O2.C5H14NO/c1-2-3-4-5-6-7-8-9-10(11)12;1-5(7)6(2,3)4/h2-9H2,1H3,(H,11,12);5,7H,1-4H3/q;+1/p-1. The van der Waals surface area contributed by atoms with Crippen LogP contribution in [-0.4, -0.2) is 42.9 Å². The van der Waals surface area contributed by atoms with Gasteiger partial charge in [-0.3, -0.25) is 0 Å². The van der Waals surface area contributed by atoms with Gasteiger partial charge in [-0.2, -0.15) is 0 Å². The Morgan fingerprint density at radius 2 is 1.42 bits per heavy atom. The first-order valence-electron chi connectivity index (χ1n) is 7.40. The fourth-order valence-corrected chi connectivity index (χ4v) is 1.23. The van der Waals surface area contributed by atoms with Gasteiger partial charge in [-0.1, -0.05) is 45.4 Å². The summed E-state index contributed by atoms with van der Waals surface area (Å²) >= 11 is 0. The summed E-state index contributed by atoms with van der Waals surface area (Å²) in [6.45, 7) is 3.97.